The van der Waals surface area contributed by atoms with Gasteiger partial charge in [0.2, 0.25) is 0 Å². The Morgan fingerprint density at radius 3 is 1.22 bits per heavy atom. The quantitative estimate of drug-likeness (QED) is 0.0339. The van der Waals surface area contributed by atoms with Crippen LogP contribution in [0.1, 0.15) is 74.5 Å². The third-order valence-corrected chi connectivity index (χ3v) is 26.3. The Hall–Kier alpha value is -15.1. The number of anilines is 6. The number of pyridine rings is 12. The van der Waals surface area contributed by atoms with Crippen LogP contribution in [0.4, 0.5) is 43.7 Å². The van der Waals surface area contributed by atoms with E-state index in [1.807, 2.05) is 181 Å². The molecule has 6 fully saturated rings. The molecule has 36 heteroatoms. The Bertz CT molecular complexity index is 7790. The van der Waals surface area contributed by atoms with Crippen LogP contribution in [0.2, 0.25) is 15.1 Å². The van der Waals surface area contributed by atoms with Crippen LogP contribution in [0.3, 0.4) is 0 Å². The number of fused-ring (bicyclic) bond motifs is 6. The maximum absolute atomic E-state index is 14.3. The first-order valence-corrected chi connectivity index (χ1v) is 47.8. The molecule has 0 atom stereocenters. The summed E-state index contributed by atoms with van der Waals surface area (Å²) in [6.45, 7) is 12.1. The van der Waals surface area contributed by atoms with Gasteiger partial charge in [0, 0.05) is 142 Å². The Morgan fingerprint density at radius 1 is 0.331 bits per heavy atom. The highest BCUT2D eigenvalue weighted by Gasteiger charge is 2.27. The van der Waals surface area contributed by atoms with Gasteiger partial charge in [-0.25, -0.2) is 68.6 Å². The third-order valence-electron chi connectivity index (χ3n) is 25.6. The van der Waals surface area contributed by atoms with Crippen LogP contribution in [-0.2, 0) is 7.05 Å². The molecule has 20 aromatic heterocycles. The van der Waals surface area contributed by atoms with Crippen molar-refractivity contribution in [3.63, 3.8) is 0 Å². The summed E-state index contributed by atoms with van der Waals surface area (Å²) in [7, 11) is 1.92. The first-order valence-electron chi connectivity index (χ1n) is 46.7. The number of aromatic amines is 1. The molecule has 3 aliphatic carbocycles. The summed E-state index contributed by atoms with van der Waals surface area (Å²) >= 11 is 18.2. The molecule has 3 aliphatic heterocycles. The molecule has 0 aromatic carbocycles. The maximum Gasteiger partial charge on any atom is 0.168 e. The van der Waals surface area contributed by atoms with Crippen molar-refractivity contribution in [2.75, 3.05) is 71.2 Å². The molecule has 702 valence electrons. The van der Waals surface area contributed by atoms with Crippen LogP contribution >= 0.6 is 34.8 Å². The molecule has 26 rings (SSSR count). The van der Waals surface area contributed by atoms with E-state index in [9.17, 15) is 8.78 Å². The zero-order chi connectivity index (χ0) is 94.6. The minimum Gasteiger partial charge on any atom is -0.367 e. The van der Waals surface area contributed by atoms with Crippen molar-refractivity contribution in [1.29, 1.82) is 0 Å². The van der Waals surface area contributed by atoms with Crippen LogP contribution in [-0.4, -0.2) is 182 Å². The van der Waals surface area contributed by atoms with Crippen molar-refractivity contribution in [2.24, 2.45) is 7.05 Å². The zero-order valence-electron chi connectivity index (χ0n) is 76.6. The second kappa shape index (κ2) is 40.3. The minimum atomic E-state index is -0.733. The van der Waals surface area contributed by atoms with E-state index in [4.69, 9.17) is 59.7 Å². The normalized spacial score (nSPS) is 14.8. The highest BCUT2D eigenvalue weighted by atomic mass is 35.5. The Labute approximate surface area is 813 Å². The predicted octanol–water partition coefficient (Wildman–Crippen LogP) is 19.4. The third kappa shape index (κ3) is 20.4. The number of imidazole rings is 6. The summed E-state index contributed by atoms with van der Waals surface area (Å²) in [6, 6.07) is 53.3. The lowest BCUT2D eigenvalue weighted by atomic mass is 9.93. The van der Waals surface area contributed by atoms with Crippen molar-refractivity contribution in [3.05, 3.63) is 300 Å². The fourth-order valence-corrected chi connectivity index (χ4v) is 17.3. The van der Waals surface area contributed by atoms with Crippen molar-refractivity contribution in [2.45, 2.75) is 115 Å². The molecule has 10 N–H and O–H groups in total. The van der Waals surface area contributed by atoms with Gasteiger partial charge in [-0.1, -0.05) is 65.1 Å². The van der Waals surface area contributed by atoms with Crippen molar-refractivity contribution in [1.82, 2.24) is 122 Å². The van der Waals surface area contributed by atoms with E-state index in [1.165, 1.54) is 50.3 Å². The van der Waals surface area contributed by atoms with Gasteiger partial charge in [-0.3, -0.25) is 36.2 Å². The van der Waals surface area contributed by atoms with Crippen molar-refractivity contribution < 1.29 is 8.78 Å². The summed E-state index contributed by atoms with van der Waals surface area (Å²) in [5.41, 5.74) is 22.8. The van der Waals surface area contributed by atoms with Crippen LogP contribution in [0.5, 0.6) is 0 Å². The lowest BCUT2D eigenvalue weighted by Gasteiger charge is -2.29. The van der Waals surface area contributed by atoms with E-state index >= 15 is 0 Å². The predicted molar refractivity (Wildman–Crippen MR) is 544 cm³/mol. The van der Waals surface area contributed by atoms with Gasteiger partial charge in [0.15, 0.2) is 17.5 Å². The summed E-state index contributed by atoms with van der Waals surface area (Å²) in [4.78, 5) is 54.6. The molecule has 6 aliphatic rings. The molecule has 0 spiro atoms. The topological polar surface area (TPSA) is 336 Å². The van der Waals surface area contributed by atoms with Gasteiger partial charge in [-0.05, 0) is 217 Å². The fraction of sp³-hybridized carbons (Fsp3) is 0.243. The van der Waals surface area contributed by atoms with E-state index in [1.54, 1.807) is 27.4 Å². The average Bonchev–Trinajstić information content (AvgIpc) is 1.65. The molecule has 0 radical (unpaired) electrons. The summed E-state index contributed by atoms with van der Waals surface area (Å²) < 4.78 is 41.9. The minimum absolute atomic E-state index is 0.0444. The van der Waals surface area contributed by atoms with Gasteiger partial charge < -0.3 is 47.9 Å². The second-order valence-corrected chi connectivity index (χ2v) is 36.9. The maximum atomic E-state index is 14.3. The van der Waals surface area contributed by atoms with Gasteiger partial charge in [0.05, 0.1) is 145 Å². The average molecular weight is 1920 g/mol. The van der Waals surface area contributed by atoms with Crippen molar-refractivity contribution in [3.8, 4) is 90.6 Å². The highest BCUT2D eigenvalue weighted by Crippen LogP contribution is 2.36. The zero-order valence-corrected chi connectivity index (χ0v) is 78.9. The van der Waals surface area contributed by atoms with Gasteiger partial charge in [0.25, 0.3) is 0 Å². The molecule has 31 nitrogen and oxygen atoms in total. The Kier molecular flexibility index (Phi) is 26.2. The molecule has 20 aromatic rings. The number of nitrogens with zero attached hydrogens (tertiary/aromatic N) is 21. The number of aromatic nitrogens is 22. The molecular formula is C103H100Cl3F2N31. The van der Waals surface area contributed by atoms with Crippen LogP contribution < -0.4 is 47.9 Å². The fourth-order valence-electron chi connectivity index (χ4n) is 16.8. The van der Waals surface area contributed by atoms with Crippen molar-refractivity contribution >= 4 is 104 Å². The molecule has 0 amide bonds. The molecule has 139 heavy (non-hydrogen) atoms. The molecule has 0 bridgehead atoms. The summed E-state index contributed by atoms with van der Waals surface area (Å²) in [6.07, 6.45) is 40.6. The number of H-pyrrole nitrogens is 1. The van der Waals surface area contributed by atoms with Gasteiger partial charge in [-0.15, -0.1) is 0 Å². The number of rotatable bonds is 20. The van der Waals surface area contributed by atoms with E-state index in [0.29, 0.717) is 56.6 Å². The standard InChI is InChI=1S/C19H19N7.C19H18N6.C17H18N4.C16H13ClF2N4.2C16H16ClN5/c1-25-11-14(7-22-25)13-5-6-19-21-10-17(26(19)12-13)16-3-2-4-18(24-16)23-15-8-20-9-15;1-3-15(4-1)23-18-6-2-5-16(24-18)17-11-20-19-8-7-13(12-25(17)19)14-9-21-22-10-14;1-12-8-9-21-15(11-18-17(21)10-12)14-6-3-7-16(20-14)19-13-4-2-5-13;17-9-4-5-14-20-7-13(23(14)8-9)15-11(18)6-12(19)16(22-15)21-10-2-1-3-10;1-10-2-4-14(20-12-6-18-7-12)21-16(10)13-8-19-15-5-3-11(17)9-22(13)15;1-10-2-4-13(21-16(10)20-12-6-18-7-12)14-8-19-15-5-3-11(17)9-22(14)15/h2-7,10-12,15,20H,8-9H2,1H3,(H,23,24);2,5-12,15H,1,3-4H2,(H,21,22)(H,23,24);3,6-11,13H,2,4-5H2,1H3,(H,19,20);4-8,10H,1-3H2,(H,21,22);2*2-5,8-9,12,18H,6-7H2,1H3,(H,20,21). The summed E-state index contributed by atoms with van der Waals surface area (Å²) in [5, 5.41) is 43.2. The molecule has 0 unspecified atom stereocenters. The van der Waals surface area contributed by atoms with Crippen LogP contribution in [0, 0.1) is 32.4 Å². The number of halogens is 5. The largest absolute Gasteiger partial charge is 0.367 e. The molecule has 3 saturated carbocycles. The van der Waals surface area contributed by atoms with Gasteiger partial charge in [0.1, 0.15) is 68.7 Å². The smallest absolute Gasteiger partial charge is 0.168 e. The highest BCUT2D eigenvalue weighted by molar-refractivity contribution is 6.31. The molecule has 23 heterocycles. The number of nitrogens with one attached hydrogen (secondary N) is 10. The van der Waals surface area contributed by atoms with E-state index in [-0.39, 0.29) is 17.6 Å². The van der Waals surface area contributed by atoms with E-state index < -0.39 is 11.6 Å². The second-order valence-electron chi connectivity index (χ2n) is 35.6. The lowest BCUT2D eigenvalue weighted by molar-refractivity contribution is 0.441. The first kappa shape index (κ1) is 90.3. The van der Waals surface area contributed by atoms with Gasteiger partial charge in [-0.2, -0.15) is 10.2 Å². The van der Waals surface area contributed by atoms with Crippen LogP contribution in [0.15, 0.2) is 257 Å². The number of hydrogen-bond donors (Lipinski definition) is 10. The van der Waals surface area contributed by atoms with E-state index in [2.05, 4.69) is 193 Å². The number of aryl methyl sites for hydroxylation is 4. The van der Waals surface area contributed by atoms with E-state index in [0.717, 1.165) is 212 Å². The van der Waals surface area contributed by atoms with Crippen LogP contribution in [0.25, 0.3) is 124 Å². The molecule has 3 saturated heterocycles. The Morgan fingerprint density at radius 2 is 0.748 bits per heavy atom. The first-order chi connectivity index (χ1) is 67.9. The monoisotopic (exact) mass is 1910 g/mol. The molecular weight excluding hydrogens is 1820 g/mol. The SMILES string of the molecule is Cc1ccc(-c2cnc3ccc(Cl)cn23)nc1NC1CNC1.Cc1ccc(NC2CNC2)nc1-c1cnc2ccc(Cl)cn12.Cc1ccn2c(-c3cccc(NC4CCC4)n3)cnc2c1.Cn1cc(-c2ccc3ncc(-c4cccc(NC5CNC5)n4)n3c2)cn1.Fc1cc(F)c(-c2cnc3ccc(Cl)cn23)nc1NC1CCC1.c1cc(NC2CCC2)nc(-c2cnc3ccc(-c4cn[nH]c4)cn23)c1. The van der Waals surface area contributed by atoms with Gasteiger partial charge >= 0.3 is 0 Å². The Balaban J connectivity index is 0.0000000994. The summed E-state index contributed by atoms with van der Waals surface area (Å²) in [5.74, 6) is 3.26. The lowest BCUT2D eigenvalue weighted by Crippen LogP contribution is -2.51. The number of hydrogen-bond acceptors (Lipinski definition) is 23.